The van der Waals surface area contributed by atoms with Gasteiger partial charge in [-0.3, -0.25) is 25.8 Å². The summed E-state index contributed by atoms with van der Waals surface area (Å²) in [6, 6.07) is 14.4. The molecule has 0 spiro atoms. The van der Waals surface area contributed by atoms with Crippen molar-refractivity contribution in [3.05, 3.63) is 63.2 Å². The highest BCUT2D eigenvalue weighted by Gasteiger charge is 2.11. The molecule has 0 atom stereocenters. The Balaban J connectivity index is 1.74. The van der Waals surface area contributed by atoms with E-state index in [1.54, 1.807) is 24.3 Å². The predicted molar refractivity (Wildman–Crippen MR) is 107 cm³/mol. The number of hydrogen-bond acceptors (Lipinski definition) is 4. The van der Waals surface area contributed by atoms with Crippen molar-refractivity contribution in [3.63, 3.8) is 0 Å². The third-order valence-corrected chi connectivity index (χ3v) is 4.20. The lowest BCUT2D eigenvalue weighted by Crippen LogP contribution is -2.49. The molecule has 3 N–H and O–H groups in total. The molecule has 25 heavy (non-hydrogen) atoms. The number of carbonyl (C=O) groups excluding carboxylic acids is 2. The van der Waals surface area contributed by atoms with Gasteiger partial charge in [0.05, 0.1) is 5.56 Å². The molecule has 0 aliphatic heterocycles. The maximum Gasteiger partial charge on any atom is 0.276 e. The summed E-state index contributed by atoms with van der Waals surface area (Å²) < 4.78 is 6.14. The lowest BCUT2D eigenvalue weighted by Gasteiger charge is -2.12. The third kappa shape index (κ3) is 6.31. The summed E-state index contributed by atoms with van der Waals surface area (Å²) in [7, 11) is 0. The third-order valence-electron chi connectivity index (χ3n) is 3.05. The second kappa shape index (κ2) is 9.33. The summed E-state index contributed by atoms with van der Waals surface area (Å²) in [6.45, 7) is 1.79. The molecule has 0 unspecified atom stereocenters. The van der Waals surface area contributed by atoms with Crippen LogP contribution in [0.3, 0.4) is 0 Å². The molecule has 0 saturated carbocycles. The summed E-state index contributed by atoms with van der Waals surface area (Å²) in [6.07, 6.45) is 0. The Morgan fingerprint density at radius 2 is 1.76 bits per heavy atom. The van der Waals surface area contributed by atoms with E-state index in [1.807, 2.05) is 31.2 Å². The number of ether oxygens (including phenoxy) is 1. The Kier molecular flexibility index (Phi) is 7.14. The van der Waals surface area contributed by atoms with Gasteiger partial charge in [-0.2, -0.15) is 0 Å². The lowest BCUT2D eigenvalue weighted by atomic mass is 10.2. The fourth-order valence-corrected chi connectivity index (χ4v) is 2.57. The number of nitrogens with one attached hydrogen (secondary N) is 3. The molecule has 2 rings (SSSR count). The van der Waals surface area contributed by atoms with E-state index in [9.17, 15) is 9.59 Å². The van der Waals surface area contributed by atoms with E-state index in [4.69, 9.17) is 17.0 Å². The largest absolute Gasteiger partial charge is 0.484 e. The molecule has 0 heterocycles. The molecular weight excluding hydrogens is 453 g/mol. The van der Waals surface area contributed by atoms with Gasteiger partial charge in [0.2, 0.25) is 0 Å². The van der Waals surface area contributed by atoms with Crippen molar-refractivity contribution >= 4 is 51.7 Å². The van der Waals surface area contributed by atoms with Crippen LogP contribution in [0.25, 0.3) is 0 Å². The summed E-state index contributed by atoms with van der Waals surface area (Å²) in [5.41, 5.74) is 6.43. The molecule has 6 nitrogen and oxygen atoms in total. The molecule has 8 heteroatoms. The van der Waals surface area contributed by atoms with Gasteiger partial charge in [-0.15, -0.1) is 0 Å². The standard InChI is InChI=1S/C17H16IN3O3S/c1-11-6-8-12(9-7-11)24-10-15(22)20-21-17(25)19-16(23)13-4-2-3-5-14(13)18/h2-9H,10H2,1H3,(H,20,22)(H2,19,21,23,25). The highest BCUT2D eigenvalue weighted by molar-refractivity contribution is 14.1. The van der Waals surface area contributed by atoms with Gasteiger partial charge in [0.15, 0.2) is 11.7 Å². The van der Waals surface area contributed by atoms with Crippen LogP contribution in [-0.4, -0.2) is 23.5 Å². The summed E-state index contributed by atoms with van der Waals surface area (Å²) in [5, 5.41) is 2.49. The fraction of sp³-hybridized carbons (Fsp3) is 0.118. The number of rotatable bonds is 4. The zero-order chi connectivity index (χ0) is 18.2. The van der Waals surface area contributed by atoms with E-state index in [2.05, 4.69) is 38.8 Å². The van der Waals surface area contributed by atoms with Crippen molar-refractivity contribution in [3.8, 4) is 5.75 Å². The van der Waals surface area contributed by atoms with Gasteiger partial charge in [-0.1, -0.05) is 29.8 Å². The molecule has 2 aromatic rings. The van der Waals surface area contributed by atoms with Crippen LogP contribution < -0.4 is 20.9 Å². The molecule has 2 amide bonds. The van der Waals surface area contributed by atoms with Crippen LogP contribution in [0.5, 0.6) is 5.75 Å². The Morgan fingerprint density at radius 3 is 2.44 bits per heavy atom. The molecule has 0 aliphatic rings. The molecule has 0 aliphatic carbocycles. The topological polar surface area (TPSA) is 79.5 Å². The second-order valence-electron chi connectivity index (χ2n) is 5.04. The van der Waals surface area contributed by atoms with Crippen LogP contribution in [0, 0.1) is 10.5 Å². The number of thiocarbonyl (C=S) groups is 1. The van der Waals surface area contributed by atoms with Crippen LogP contribution in [0.15, 0.2) is 48.5 Å². The number of amides is 2. The maximum absolute atomic E-state index is 12.1. The van der Waals surface area contributed by atoms with Crippen LogP contribution in [0.4, 0.5) is 0 Å². The van der Waals surface area contributed by atoms with E-state index in [0.29, 0.717) is 11.3 Å². The maximum atomic E-state index is 12.1. The average molecular weight is 469 g/mol. The first-order chi connectivity index (χ1) is 12.0. The van der Waals surface area contributed by atoms with E-state index in [0.717, 1.165) is 9.13 Å². The minimum absolute atomic E-state index is 0.00617. The van der Waals surface area contributed by atoms with Gasteiger partial charge >= 0.3 is 0 Å². The first kappa shape index (κ1) is 19.1. The Morgan fingerprint density at radius 1 is 1.08 bits per heavy atom. The minimum Gasteiger partial charge on any atom is -0.484 e. The van der Waals surface area contributed by atoms with Gasteiger partial charge in [0.1, 0.15) is 5.75 Å². The number of benzene rings is 2. The smallest absolute Gasteiger partial charge is 0.276 e. The van der Waals surface area contributed by atoms with Crippen molar-refractivity contribution in [2.75, 3.05) is 6.61 Å². The fourth-order valence-electron chi connectivity index (χ4n) is 1.79. The first-order valence-electron chi connectivity index (χ1n) is 7.30. The summed E-state index contributed by atoms with van der Waals surface area (Å²) in [5.74, 6) is -0.186. The minimum atomic E-state index is -0.425. The Labute approximate surface area is 164 Å². The van der Waals surface area contributed by atoms with Crippen molar-refractivity contribution in [2.24, 2.45) is 0 Å². The van der Waals surface area contributed by atoms with Crippen molar-refractivity contribution in [1.29, 1.82) is 0 Å². The number of hydrogen-bond donors (Lipinski definition) is 3. The zero-order valence-electron chi connectivity index (χ0n) is 13.3. The van der Waals surface area contributed by atoms with Crippen LogP contribution in [-0.2, 0) is 4.79 Å². The second-order valence-corrected chi connectivity index (χ2v) is 6.61. The van der Waals surface area contributed by atoms with Crippen LogP contribution >= 0.6 is 34.8 Å². The Bertz CT molecular complexity index is 781. The highest BCUT2D eigenvalue weighted by atomic mass is 127. The zero-order valence-corrected chi connectivity index (χ0v) is 16.3. The lowest BCUT2D eigenvalue weighted by molar-refractivity contribution is -0.123. The number of aryl methyl sites for hydroxylation is 1. The molecule has 0 saturated heterocycles. The molecule has 0 aromatic heterocycles. The van der Waals surface area contributed by atoms with Gasteiger partial charge in [-0.05, 0) is 66.0 Å². The molecule has 130 valence electrons. The van der Waals surface area contributed by atoms with Gasteiger partial charge in [-0.25, -0.2) is 0 Å². The summed E-state index contributed by atoms with van der Waals surface area (Å²) in [4.78, 5) is 23.8. The average Bonchev–Trinajstić information content (AvgIpc) is 2.59. The van der Waals surface area contributed by atoms with Crippen molar-refractivity contribution in [1.82, 2.24) is 16.2 Å². The number of halogens is 1. The van der Waals surface area contributed by atoms with E-state index in [1.165, 1.54) is 0 Å². The Hall–Kier alpha value is -2.20. The highest BCUT2D eigenvalue weighted by Crippen LogP contribution is 2.11. The van der Waals surface area contributed by atoms with Gasteiger partial charge in [0, 0.05) is 3.57 Å². The molecule has 0 bridgehead atoms. The normalized spacial score (nSPS) is 9.84. The van der Waals surface area contributed by atoms with E-state index in [-0.39, 0.29) is 17.6 Å². The first-order valence-corrected chi connectivity index (χ1v) is 8.78. The van der Waals surface area contributed by atoms with Crippen LogP contribution in [0.1, 0.15) is 15.9 Å². The molecule has 0 radical (unpaired) electrons. The molecule has 0 fully saturated rings. The monoisotopic (exact) mass is 469 g/mol. The number of carbonyl (C=O) groups is 2. The SMILES string of the molecule is Cc1ccc(OCC(=O)NNC(=S)NC(=O)c2ccccc2I)cc1. The van der Waals surface area contributed by atoms with Crippen molar-refractivity contribution < 1.29 is 14.3 Å². The van der Waals surface area contributed by atoms with Gasteiger partial charge in [0.25, 0.3) is 11.8 Å². The number of hydrazine groups is 1. The van der Waals surface area contributed by atoms with E-state index >= 15 is 0 Å². The van der Waals surface area contributed by atoms with Crippen molar-refractivity contribution in [2.45, 2.75) is 6.92 Å². The predicted octanol–water partition coefficient (Wildman–Crippen LogP) is 2.31. The van der Waals surface area contributed by atoms with Gasteiger partial charge < -0.3 is 4.74 Å². The van der Waals surface area contributed by atoms with E-state index < -0.39 is 5.91 Å². The summed E-state index contributed by atoms with van der Waals surface area (Å²) >= 11 is 7.04. The molecule has 2 aromatic carbocycles. The van der Waals surface area contributed by atoms with Crippen LogP contribution in [0.2, 0.25) is 0 Å². The quantitative estimate of drug-likeness (QED) is 0.364. The molecular formula is C17H16IN3O3S.